The van der Waals surface area contributed by atoms with Crippen molar-refractivity contribution in [3.63, 3.8) is 0 Å². The molecule has 2 aromatic rings. The van der Waals surface area contributed by atoms with E-state index in [1.165, 1.54) is 12.1 Å². The smallest absolute Gasteiger partial charge is 0.269 e. The van der Waals surface area contributed by atoms with E-state index in [1.807, 2.05) is 38.1 Å². The first-order chi connectivity index (χ1) is 13.8. The van der Waals surface area contributed by atoms with E-state index in [0.717, 1.165) is 15.6 Å². The lowest BCUT2D eigenvalue weighted by atomic mass is 10.2. The van der Waals surface area contributed by atoms with E-state index >= 15 is 0 Å². The minimum absolute atomic E-state index is 0.0233. The van der Waals surface area contributed by atoms with Crippen molar-refractivity contribution >= 4 is 21.8 Å². The summed E-state index contributed by atoms with van der Waals surface area (Å²) in [6.07, 6.45) is 0.482. The van der Waals surface area contributed by atoms with Crippen molar-refractivity contribution in [1.82, 2.24) is 9.62 Å². The molecule has 0 bridgehead atoms. The monoisotopic (exact) mass is 416 g/mol. The van der Waals surface area contributed by atoms with Crippen LogP contribution >= 0.6 is 0 Å². The second kappa shape index (κ2) is 8.65. The van der Waals surface area contributed by atoms with Crippen molar-refractivity contribution < 1.29 is 22.7 Å². The maximum absolute atomic E-state index is 12.5. The quantitative estimate of drug-likeness (QED) is 0.714. The van der Waals surface area contributed by atoms with Crippen molar-refractivity contribution in [2.45, 2.75) is 44.2 Å². The summed E-state index contributed by atoms with van der Waals surface area (Å²) >= 11 is 0. The van der Waals surface area contributed by atoms with Crippen molar-refractivity contribution in [1.29, 1.82) is 0 Å². The molecule has 2 amide bonds. The summed E-state index contributed by atoms with van der Waals surface area (Å²) in [5.41, 5.74) is 1.11. The molecule has 154 valence electrons. The molecule has 29 heavy (non-hydrogen) atoms. The van der Waals surface area contributed by atoms with Gasteiger partial charge in [0.15, 0.2) is 0 Å². The van der Waals surface area contributed by atoms with E-state index in [4.69, 9.17) is 4.74 Å². The molecule has 7 nitrogen and oxygen atoms in total. The van der Waals surface area contributed by atoms with Crippen LogP contribution in [-0.2, 0) is 21.4 Å². The number of amides is 2. The van der Waals surface area contributed by atoms with E-state index in [-0.39, 0.29) is 41.9 Å². The Morgan fingerprint density at radius 1 is 1.10 bits per heavy atom. The predicted molar refractivity (Wildman–Crippen MR) is 108 cm³/mol. The van der Waals surface area contributed by atoms with Gasteiger partial charge in [0.1, 0.15) is 10.6 Å². The summed E-state index contributed by atoms with van der Waals surface area (Å²) in [6, 6.07) is 13.6. The van der Waals surface area contributed by atoms with Crippen molar-refractivity contribution in [2.75, 3.05) is 6.54 Å². The van der Waals surface area contributed by atoms with Gasteiger partial charge in [-0.3, -0.25) is 9.59 Å². The highest BCUT2D eigenvalue weighted by molar-refractivity contribution is 7.90. The largest absolute Gasteiger partial charge is 0.491 e. The average Bonchev–Trinajstić information content (AvgIpc) is 2.88. The van der Waals surface area contributed by atoms with Gasteiger partial charge < -0.3 is 10.1 Å². The van der Waals surface area contributed by atoms with Gasteiger partial charge in [-0.15, -0.1) is 0 Å². The highest BCUT2D eigenvalue weighted by Crippen LogP contribution is 2.29. The number of carbonyl (C=O) groups is 2. The van der Waals surface area contributed by atoms with Crippen LogP contribution in [0.25, 0.3) is 0 Å². The number of sulfonamides is 1. The Bertz CT molecular complexity index is 1000. The third-order valence-electron chi connectivity index (χ3n) is 4.46. The van der Waals surface area contributed by atoms with Crippen LogP contribution in [0.3, 0.4) is 0 Å². The Balaban J connectivity index is 1.46. The summed E-state index contributed by atoms with van der Waals surface area (Å²) in [6.45, 7) is 4.25. The van der Waals surface area contributed by atoms with Crippen LogP contribution in [0.1, 0.15) is 42.6 Å². The van der Waals surface area contributed by atoms with Gasteiger partial charge in [0, 0.05) is 19.5 Å². The molecule has 1 aliphatic heterocycles. The molecule has 0 radical (unpaired) electrons. The number of carbonyl (C=O) groups excluding carboxylic acids is 2. The number of nitrogens with zero attached hydrogens (tertiary/aromatic N) is 1. The second-order valence-corrected chi connectivity index (χ2v) is 8.90. The van der Waals surface area contributed by atoms with Gasteiger partial charge in [-0.05, 0) is 50.1 Å². The summed E-state index contributed by atoms with van der Waals surface area (Å²) in [7, 11) is -3.82. The van der Waals surface area contributed by atoms with Gasteiger partial charge in [-0.2, -0.15) is 0 Å². The molecule has 2 aromatic carbocycles. The SMILES string of the molecule is CC(C)Oc1ccc(CNC(=O)CCCN2C(=O)c3ccccc3S2(=O)=O)cc1. The summed E-state index contributed by atoms with van der Waals surface area (Å²) in [5.74, 6) is 0.0336. The molecule has 0 fully saturated rings. The van der Waals surface area contributed by atoms with E-state index in [0.29, 0.717) is 6.54 Å². The lowest BCUT2D eigenvalue weighted by Crippen LogP contribution is -2.32. The number of fused-ring (bicyclic) bond motifs is 1. The number of benzene rings is 2. The Kier molecular flexibility index (Phi) is 6.22. The molecular weight excluding hydrogens is 392 g/mol. The summed E-state index contributed by atoms with van der Waals surface area (Å²) in [5, 5.41) is 2.80. The average molecular weight is 416 g/mol. The second-order valence-electron chi connectivity index (χ2n) is 7.07. The van der Waals surface area contributed by atoms with Crippen molar-refractivity contribution in [2.24, 2.45) is 0 Å². The third kappa shape index (κ3) is 4.76. The molecular formula is C21H24N2O5S. The Labute approximate surface area is 170 Å². The summed E-state index contributed by atoms with van der Waals surface area (Å²) < 4.78 is 31.4. The molecule has 0 saturated heterocycles. The predicted octanol–water partition coefficient (Wildman–Crippen LogP) is 2.71. The first kappa shape index (κ1) is 20.9. The maximum Gasteiger partial charge on any atom is 0.269 e. The van der Waals surface area contributed by atoms with Crippen LogP contribution in [0.2, 0.25) is 0 Å². The number of hydrogen-bond acceptors (Lipinski definition) is 5. The molecule has 8 heteroatoms. The molecule has 1 heterocycles. The fraction of sp³-hybridized carbons (Fsp3) is 0.333. The lowest BCUT2D eigenvalue weighted by Gasteiger charge is -2.14. The molecule has 0 saturated carbocycles. The zero-order chi connectivity index (χ0) is 21.0. The van der Waals surface area contributed by atoms with Crippen LogP contribution in [0.5, 0.6) is 5.75 Å². The minimum Gasteiger partial charge on any atom is -0.491 e. The Morgan fingerprint density at radius 3 is 2.45 bits per heavy atom. The summed E-state index contributed by atoms with van der Waals surface area (Å²) in [4.78, 5) is 24.4. The van der Waals surface area contributed by atoms with Crippen molar-refractivity contribution in [3.05, 3.63) is 59.7 Å². The number of nitrogens with one attached hydrogen (secondary N) is 1. The van der Waals surface area contributed by atoms with Gasteiger partial charge in [0.05, 0.1) is 11.7 Å². The minimum atomic E-state index is -3.82. The molecule has 3 rings (SSSR count). The first-order valence-electron chi connectivity index (χ1n) is 9.47. The van der Waals surface area contributed by atoms with E-state index in [1.54, 1.807) is 12.1 Å². The maximum atomic E-state index is 12.5. The standard InChI is InChI=1S/C21H24N2O5S/c1-15(2)28-17-11-9-16(10-12-17)14-22-20(24)8-5-13-23-21(25)18-6-3-4-7-19(18)29(23,26)27/h3-4,6-7,9-12,15H,5,8,13-14H2,1-2H3,(H,22,24). The lowest BCUT2D eigenvalue weighted by molar-refractivity contribution is -0.121. The highest BCUT2D eigenvalue weighted by atomic mass is 32.2. The molecule has 1 N–H and O–H groups in total. The van der Waals surface area contributed by atoms with Gasteiger partial charge in [-0.1, -0.05) is 24.3 Å². The zero-order valence-corrected chi connectivity index (χ0v) is 17.2. The van der Waals surface area contributed by atoms with Crippen LogP contribution in [0.4, 0.5) is 0 Å². The highest BCUT2D eigenvalue weighted by Gasteiger charge is 2.40. The van der Waals surface area contributed by atoms with Crippen LogP contribution in [0.15, 0.2) is 53.4 Å². The van der Waals surface area contributed by atoms with Crippen molar-refractivity contribution in [3.8, 4) is 5.75 Å². The van der Waals surface area contributed by atoms with Gasteiger partial charge in [0.25, 0.3) is 15.9 Å². The molecule has 0 aromatic heterocycles. The van der Waals surface area contributed by atoms with E-state index < -0.39 is 15.9 Å². The normalized spacial score (nSPS) is 14.7. The number of rotatable bonds is 8. The molecule has 0 atom stereocenters. The fourth-order valence-corrected chi connectivity index (χ4v) is 4.69. The van der Waals surface area contributed by atoms with E-state index in [9.17, 15) is 18.0 Å². The zero-order valence-electron chi connectivity index (χ0n) is 16.4. The third-order valence-corrected chi connectivity index (χ3v) is 6.30. The Morgan fingerprint density at radius 2 is 1.79 bits per heavy atom. The van der Waals surface area contributed by atoms with Crippen LogP contribution < -0.4 is 10.1 Å². The topological polar surface area (TPSA) is 92.8 Å². The van der Waals surface area contributed by atoms with Gasteiger partial charge in [-0.25, -0.2) is 12.7 Å². The molecule has 0 spiro atoms. The number of ether oxygens (including phenoxy) is 1. The molecule has 0 unspecified atom stereocenters. The Hall–Kier alpha value is -2.87. The van der Waals surface area contributed by atoms with Gasteiger partial charge >= 0.3 is 0 Å². The molecule has 0 aliphatic carbocycles. The van der Waals surface area contributed by atoms with Crippen LogP contribution in [-0.4, -0.2) is 37.2 Å². The van der Waals surface area contributed by atoms with Gasteiger partial charge in [0.2, 0.25) is 5.91 Å². The van der Waals surface area contributed by atoms with Crippen LogP contribution in [0, 0.1) is 0 Å². The molecule has 1 aliphatic rings. The fourth-order valence-electron chi connectivity index (χ4n) is 3.08. The first-order valence-corrected chi connectivity index (χ1v) is 10.9. The van der Waals surface area contributed by atoms with E-state index in [2.05, 4.69) is 5.32 Å². The number of hydrogen-bond donors (Lipinski definition) is 1.